The summed E-state index contributed by atoms with van der Waals surface area (Å²) in [5.74, 6) is 16.0. The minimum atomic E-state index is -0.584. The average Bonchev–Trinajstić information content (AvgIpc) is 3.73. The van der Waals surface area contributed by atoms with Gasteiger partial charge in [0.15, 0.2) is 0 Å². The lowest BCUT2D eigenvalue weighted by Crippen LogP contribution is -2.05. The molecule has 0 amide bonds. The number of hydrogen-bond donors (Lipinski definition) is 0. The number of halogens is 2. The molecule has 8 aromatic rings. The van der Waals surface area contributed by atoms with Gasteiger partial charge in [0, 0.05) is 47.1 Å². The second kappa shape index (κ2) is 36.3. The number of terminal acetylenes is 2. The van der Waals surface area contributed by atoms with Crippen LogP contribution in [0.25, 0.3) is 22.3 Å². The van der Waals surface area contributed by atoms with Gasteiger partial charge >= 0.3 is 11.9 Å². The van der Waals surface area contributed by atoms with Crippen molar-refractivity contribution in [2.45, 2.75) is 53.4 Å². The monoisotopic (exact) mass is 1210 g/mol. The van der Waals surface area contributed by atoms with E-state index in [-0.39, 0.29) is 25.3 Å². The third-order valence-corrected chi connectivity index (χ3v) is 13.1. The summed E-state index contributed by atoms with van der Waals surface area (Å²) < 4.78 is 16.4. The molecule has 8 rings (SSSR count). The van der Waals surface area contributed by atoms with Crippen molar-refractivity contribution < 1.29 is 25.2 Å². The normalized spacial score (nSPS) is 10.7. The summed E-state index contributed by atoms with van der Waals surface area (Å²) in [7, 11) is 0. The number of carbonyl (C=O) groups is 3. The molecule has 0 heterocycles. The number of Topliss-reactive ketones (excluding diaryl/α,β-unsaturated/α-hetero) is 1. The van der Waals surface area contributed by atoms with E-state index in [1.807, 2.05) is 104 Å². The van der Waals surface area contributed by atoms with Crippen LogP contribution in [0.1, 0.15) is 121 Å². The van der Waals surface area contributed by atoms with Crippen molar-refractivity contribution in [3.8, 4) is 48.4 Å². The Labute approximate surface area is 504 Å². The van der Waals surface area contributed by atoms with Crippen LogP contribution in [0.2, 0.25) is 0 Å². The van der Waals surface area contributed by atoms with Crippen molar-refractivity contribution in [2.24, 2.45) is 0 Å². The molecule has 0 aliphatic heterocycles. The first-order valence-electron chi connectivity index (χ1n) is 27.4. The van der Waals surface area contributed by atoms with Gasteiger partial charge in [-0.25, -0.2) is 4.79 Å². The van der Waals surface area contributed by atoms with E-state index in [2.05, 4.69) is 189 Å². The van der Waals surface area contributed by atoms with Gasteiger partial charge in [-0.05, 0) is 162 Å². The lowest BCUT2D eigenvalue weighted by molar-refractivity contribution is -0.142. The van der Waals surface area contributed by atoms with E-state index in [0.29, 0.717) is 25.0 Å². The number of carbonyl (C=O) groups excluding carboxylic acids is 3. The van der Waals surface area contributed by atoms with Crippen LogP contribution < -0.4 is 0 Å². The Kier molecular flexibility index (Phi) is 27.6. The molecule has 0 radical (unpaired) electrons. The summed E-state index contributed by atoms with van der Waals surface area (Å²) in [5.41, 5.74) is 16.7. The number of unbranched alkanes of at least 4 members (excludes halogenated alkanes) is 2. The minimum Gasteiger partial charge on any atom is -0.466 e. The quantitative estimate of drug-likeness (QED) is 0.0317. The molecule has 0 aromatic heterocycles. The molecule has 0 N–H and O–H groups in total. The van der Waals surface area contributed by atoms with Crippen molar-refractivity contribution in [3.05, 3.63) is 285 Å². The van der Waals surface area contributed by atoms with E-state index in [9.17, 15) is 14.4 Å². The van der Waals surface area contributed by atoms with Gasteiger partial charge in [0.25, 0.3) is 0 Å². The molecule has 0 atom stereocenters. The fraction of sp³-hybridized carbons (Fsp3) is 0.160. The Bertz CT molecular complexity index is 3470. The summed E-state index contributed by atoms with van der Waals surface area (Å²) in [6, 6.07) is 74.2. The maximum Gasteiger partial charge on any atom is 0.384 e. The molecule has 0 aliphatic carbocycles. The molecule has 0 saturated heterocycles. The lowest BCUT2D eigenvalue weighted by Gasteiger charge is -2.18. The first-order chi connectivity index (χ1) is 40.5. The molecule has 410 valence electrons. The van der Waals surface area contributed by atoms with Crippen LogP contribution in [0.15, 0.2) is 218 Å². The highest BCUT2D eigenvalue weighted by molar-refractivity contribution is 9.09. The topological polar surface area (TPSA) is 69.7 Å². The van der Waals surface area contributed by atoms with Gasteiger partial charge in [0.05, 0.1) is 13.2 Å². The van der Waals surface area contributed by atoms with Gasteiger partial charge in [-0.2, -0.15) is 0 Å². The third kappa shape index (κ3) is 21.6. The lowest BCUT2D eigenvalue weighted by atomic mass is 9.85. The summed E-state index contributed by atoms with van der Waals surface area (Å²) in [6.07, 6.45) is 14.9. The highest BCUT2D eigenvalue weighted by Crippen LogP contribution is 2.38. The predicted octanol–water partition coefficient (Wildman–Crippen LogP) is 17.1. The number of rotatable bonds is 16. The van der Waals surface area contributed by atoms with Gasteiger partial charge < -0.3 is 14.3 Å². The molecule has 0 unspecified atom stereocenters. The molecular formula is C75H66Br2O5. The van der Waals surface area contributed by atoms with Gasteiger partial charge in [-0.1, -0.05) is 225 Å². The Balaban J connectivity index is 0.000000266. The Morgan fingerprint density at radius 3 is 0.963 bits per heavy atom. The van der Waals surface area contributed by atoms with Gasteiger partial charge in [-0.3, -0.25) is 4.79 Å². The molecule has 0 aliphatic rings. The number of esters is 2. The number of hydrogen-bond acceptors (Lipinski definition) is 5. The zero-order valence-corrected chi connectivity index (χ0v) is 49.8. The van der Waals surface area contributed by atoms with Crippen LogP contribution in [-0.4, -0.2) is 41.6 Å². The van der Waals surface area contributed by atoms with Crippen molar-refractivity contribution in [3.63, 3.8) is 0 Å². The van der Waals surface area contributed by atoms with Crippen molar-refractivity contribution in [1.29, 1.82) is 0 Å². The minimum absolute atomic E-state index is 0.0787. The summed E-state index contributed by atoms with van der Waals surface area (Å²) in [5, 5.41) is 2.28. The first-order valence-corrected chi connectivity index (χ1v) is 29.0. The zero-order valence-electron chi connectivity index (χ0n) is 47.6. The number of ketones is 1. The second-order valence-corrected chi connectivity index (χ2v) is 19.7. The zero-order chi connectivity index (χ0) is 59.4. The molecule has 0 spiro atoms. The molecule has 82 heavy (non-hydrogen) atoms. The standard InChI is InChI=1S/C38H32O4.C30H20.C4H8Br2.C3H6O/c1-3-12-30-17-22-34(23-18-30)37(32-13-6-4-7-14-32)38(33-15-8-5-9-16-33)35-24-19-31(20-25-35)21-26-36(40)42-28-11-10-27-41-29(2)39;1-3-23-15-19-27(20-16-23)29(25-11-7-5-8-12-25)30(26-13-9-6-10-14-26)28-21-17-24(4-2)18-22-28;5-3-1-2-4-6;1-3(2)4/h4-9,13-20,22-25H,10-11,27-28H2,1-2H3;1-2,5-22H;1-4H2;1-2H3/i;;;1D. The van der Waals surface area contributed by atoms with Crippen LogP contribution >= 0.6 is 31.9 Å². The maximum atomic E-state index is 12.1. The first kappa shape index (κ1) is 62.3. The molecule has 0 saturated carbocycles. The van der Waals surface area contributed by atoms with Gasteiger partial charge in [0.1, 0.15) is 5.78 Å². The summed E-state index contributed by atoms with van der Waals surface area (Å²) in [6.45, 7) is 5.06. The SMILES string of the molecule is BrCCCCBr.C#Cc1ccc(C(=C(c2ccccc2)c2ccc(C#C)cc2)c2ccccc2)cc1.CC#Cc1ccc(C(=C(c2ccccc2)c2ccc(C#CC(=O)OCCCCOC(C)=O)cc2)c2ccccc2)cc1.[2H]CC(C)=O. The molecule has 0 fully saturated rings. The summed E-state index contributed by atoms with van der Waals surface area (Å²) >= 11 is 6.66. The van der Waals surface area contributed by atoms with Gasteiger partial charge in [0.2, 0.25) is 0 Å². The van der Waals surface area contributed by atoms with Crippen molar-refractivity contribution in [2.75, 3.05) is 23.9 Å². The average molecular weight is 1210 g/mol. The smallest absolute Gasteiger partial charge is 0.384 e. The van der Waals surface area contributed by atoms with E-state index in [4.69, 9.17) is 23.7 Å². The van der Waals surface area contributed by atoms with E-state index in [1.165, 1.54) is 26.7 Å². The van der Waals surface area contributed by atoms with E-state index in [1.54, 1.807) is 0 Å². The van der Waals surface area contributed by atoms with E-state index >= 15 is 0 Å². The molecule has 0 bridgehead atoms. The number of benzene rings is 8. The van der Waals surface area contributed by atoms with Crippen LogP contribution in [-0.2, 0) is 23.9 Å². The van der Waals surface area contributed by atoms with E-state index in [0.717, 1.165) is 94.2 Å². The Morgan fingerprint density at radius 2 is 0.695 bits per heavy atom. The third-order valence-electron chi connectivity index (χ3n) is 12.0. The number of alkyl halides is 2. The highest BCUT2D eigenvalue weighted by Gasteiger charge is 2.18. The molecular weight excluding hydrogens is 1140 g/mol. The van der Waals surface area contributed by atoms with Crippen LogP contribution in [0.3, 0.4) is 0 Å². The van der Waals surface area contributed by atoms with Crippen LogP contribution in [0, 0.1) is 48.4 Å². The number of ether oxygens (including phenoxy) is 2. The van der Waals surface area contributed by atoms with Gasteiger partial charge in [-0.15, -0.1) is 18.8 Å². The van der Waals surface area contributed by atoms with Crippen molar-refractivity contribution >= 4 is 71.9 Å². The molecule has 8 aromatic carbocycles. The fourth-order valence-electron chi connectivity index (χ4n) is 8.22. The Morgan fingerprint density at radius 1 is 0.415 bits per heavy atom. The highest BCUT2D eigenvalue weighted by atomic mass is 79.9. The largest absolute Gasteiger partial charge is 0.466 e. The fourth-order valence-corrected chi connectivity index (χ4v) is 9.02. The summed E-state index contributed by atoms with van der Waals surface area (Å²) in [4.78, 5) is 32.5. The molecule has 5 nitrogen and oxygen atoms in total. The second-order valence-electron chi connectivity index (χ2n) is 18.2. The van der Waals surface area contributed by atoms with Crippen molar-refractivity contribution in [1.82, 2.24) is 0 Å². The van der Waals surface area contributed by atoms with E-state index < -0.39 is 5.97 Å². The maximum absolute atomic E-state index is 12.1. The predicted molar refractivity (Wildman–Crippen MR) is 347 cm³/mol. The Hall–Kier alpha value is -8.95. The van der Waals surface area contributed by atoms with Crippen LogP contribution in [0.5, 0.6) is 0 Å². The van der Waals surface area contributed by atoms with Crippen LogP contribution in [0.4, 0.5) is 0 Å². The molecule has 7 heteroatoms.